The Kier molecular flexibility index (Phi) is 2.14. The molecule has 0 saturated heterocycles. The number of rotatable bonds is 0. The van der Waals surface area contributed by atoms with E-state index >= 15 is 0 Å². The molecule has 0 radical (unpaired) electrons. The lowest BCUT2D eigenvalue weighted by Gasteiger charge is -1.99. The Labute approximate surface area is 119 Å². The van der Waals surface area contributed by atoms with Gasteiger partial charge in [0.1, 0.15) is 11.2 Å². The summed E-state index contributed by atoms with van der Waals surface area (Å²) in [6, 6.07) is 12.1. The van der Waals surface area contributed by atoms with E-state index in [2.05, 4.69) is 44.0 Å². The normalized spacial score (nSPS) is 11.9. The Hall–Kier alpha value is -1.26. The van der Waals surface area contributed by atoms with Crippen molar-refractivity contribution in [1.82, 2.24) is 0 Å². The van der Waals surface area contributed by atoms with E-state index in [0.717, 1.165) is 36.7 Å². The van der Waals surface area contributed by atoms with Crippen molar-refractivity contribution in [2.75, 3.05) is 0 Å². The zero-order valence-corrected chi connectivity index (χ0v) is 12.2. The van der Waals surface area contributed by atoms with Gasteiger partial charge in [0, 0.05) is 16.2 Å². The zero-order valence-electron chi connectivity index (χ0n) is 9.04. The number of hydrogen-bond acceptors (Lipinski definition) is 2. The molecule has 0 spiro atoms. The smallest absolute Gasteiger partial charge is 0.170 e. The molecule has 2 aromatic heterocycles. The average Bonchev–Trinajstić information content (AvgIpc) is 2.88. The fraction of sp³-hybridized carbons (Fsp3) is 0. The van der Waals surface area contributed by atoms with E-state index in [0.29, 0.717) is 0 Å². The maximum Gasteiger partial charge on any atom is 0.170 e. The van der Waals surface area contributed by atoms with E-state index in [-0.39, 0.29) is 0 Å². The fourth-order valence-electron chi connectivity index (χ4n) is 2.40. The van der Waals surface area contributed by atoms with Crippen LogP contribution in [0.25, 0.3) is 32.7 Å². The van der Waals surface area contributed by atoms with Crippen molar-refractivity contribution < 1.29 is 8.83 Å². The molecule has 0 amide bonds. The van der Waals surface area contributed by atoms with Gasteiger partial charge < -0.3 is 8.83 Å². The van der Waals surface area contributed by atoms with Crippen molar-refractivity contribution in [2.45, 2.75) is 0 Å². The highest BCUT2D eigenvalue weighted by atomic mass is 79.9. The van der Waals surface area contributed by atoms with Gasteiger partial charge in [0.05, 0.1) is 0 Å². The second-order valence-electron chi connectivity index (χ2n) is 4.15. The summed E-state index contributed by atoms with van der Waals surface area (Å²) in [4.78, 5) is 0. The molecule has 0 aliphatic rings. The van der Waals surface area contributed by atoms with Gasteiger partial charge in [0.2, 0.25) is 0 Å². The van der Waals surface area contributed by atoms with Gasteiger partial charge in [-0.05, 0) is 61.5 Å². The number of furan rings is 2. The summed E-state index contributed by atoms with van der Waals surface area (Å²) < 4.78 is 12.7. The van der Waals surface area contributed by atoms with E-state index in [4.69, 9.17) is 8.83 Å². The van der Waals surface area contributed by atoms with Crippen molar-refractivity contribution in [2.24, 2.45) is 0 Å². The van der Waals surface area contributed by atoms with Crippen LogP contribution < -0.4 is 0 Å². The van der Waals surface area contributed by atoms with Gasteiger partial charge in [-0.2, -0.15) is 0 Å². The van der Waals surface area contributed by atoms with E-state index in [1.165, 1.54) is 5.39 Å². The molecule has 2 nitrogen and oxygen atoms in total. The van der Waals surface area contributed by atoms with Crippen LogP contribution in [-0.4, -0.2) is 0 Å². The average molecular weight is 366 g/mol. The lowest BCUT2D eigenvalue weighted by molar-refractivity contribution is 0.587. The highest BCUT2D eigenvalue weighted by Gasteiger charge is 2.11. The van der Waals surface area contributed by atoms with Crippen LogP contribution in [0.2, 0.25) is 0 Å². The lowest BCUT2D eigenvalue weighted by Crippen LogP contribution is -1.74. The molecule has 0 N–H and O–H groups in total. The maximum atomic E-state index is 5.61. The molecule has 4 aromatic rings. The van der Waals surface area contributed by atoms with Crippen LogP contribution in [-0.2, 0) is 0 Å². The van der Waals surface area contributed by atoms with Gasteiger partial charge in [-0.25, -0.2) is 0 Å². The molecule has 0 fully saturated rings. The Balaban J connectivity index is 2.36. The SMILES string of the molecule is Brc1cc2c(ccc3ccc4oc(Br)cc4c32)o1. The van der Waals surface area contributed by atoms with Crippen LogP contribution in [0, 0.1) is 0 Å². The van der Waals surface area contributed by atoms with Crippen molar-refractivity contribution in [1.29, 1.82) is 0 Å². The summed E-state index contributed by atoms with van der Waals surface area (Å²) >= 11 is 6.76. The molecule has 0 aliphatic carbocycles. The molecule has 0 saturated carbocycles. The topological polar surface area (TPSA) is 26.3 Å². The van der Waals surface area contributed by atoms with Crippen molar-refractivity contribution >= 4 is 64.6 Å². The van der Waals surface area contributed by atoms with Crippen LogP contribution >= 0.6 is 31.9 Å². The summed E-state index contributed by atoms with van der Waals surface area (Å²) in [6.45, 7) is 0. The third-order valence-corrected chi connectivity index (χ3v) is 3.90. The lowest BCUT2D eigenvalue weighted by atomic mass is 10.0. The van der Waals surface area contributed by atoms with Crippen LogP contribution in [0.5, 0.6) is 0 Å². The maximum absolute atomic E-state index is 5.61. The zero-order chi connectivity index (χ0) is 12.3. The largest absolute Gasteiger partial charge is 0.449 e. The van der Waals surface area contributed by atoms with Crippen LogP contribution in [0.15, 0.2) is 54.6 Å². The minimum atomic E-state index is 0.740. The van der Waals surface area contributed by atoms with Gasteiger partial charge in [0.25, 0.3) is 0 Å². The van der Waals surface area contributed by atoms with Gasteiger partial charge in [-0.15, -0.1) is 0 Å². The summed E-state index contributed by atoms with van der Waals surface area (Å²) in [5, 5.41) is 4.53. The summed E-state index contributed by atoms with van der Waals surface area (Å²) in [7, 11) is 0. The fourth-order valence-corrected chi connectivity index (χ4v) is 3.20. The summed E-state index contributed by atoms with van der Waals surface area (Å²) in [5.41, 5.74) is 1.75. The molecular weight excluding hydrogens is 360 g/mol. The number of fused-ring (bicyclic) bond motifs is 5. The molecule has 88 valence electrons. The first-order valence-electron chi connectivity index (χ1n) is 5.42. The predicted octanol–water partition coefficient (Wildman–Crippen LogP) is 5.86. The van der Waals surface area contributed by atoms with Crippen molar-refractivity contribution in [3.05, 3.63) is 45.7 Å². The minimum absolute atomic E-state index is 0.740. The van der Waals surface area contributed by atoms with Gasteiger partial charge >= 0.3 is 0 Å². The quantitative estimate of drug-likeness (QED) is 0.390. The van der Waals surface area contributed by atoms with E-state index in [9.17, 15) is 0 Å². The van der Waals surface area contributed by atoms with Crippen LogP contribution in [0.4, 0.5) is 0 Å². The molecule has 0 aliphatic heterocycles. The predicted molar refractivity (Wildman–Crippen MR) is 78.9 cm³/mol. The monoisotopic (exact) mass is 364 g/mol. The molecule has 4 rings (SSSR count). The molecule has 4 heteroatoms. The molecule has 0 bridgehead atoms. The first kappa shape index (κ1) is 10.6. The molecule has 0 atom stereocenters. The first-order valence-corrected chi connectivity index (χ1v) is 7.01. The molecular formula is C14H6Br2O2. The van der Waals surface area contributed by atoms with E-state index < -0.39 is 0 Å². The Morgan fingerprint density at radius 2 is 1.22 bits per heavy atom. The van der Waals surface area contributed by atoms with Gasteiger partial charge in [-0.3, -0.25) is 0 Å². The Bertz CT molecular complexity index is 831. The van der Waals surface area contributed by atoms with Gasteiger partial charge in [-0.1, -0.05) is 12.1 Å². The molecule has 0 unspecified atom stereocenters. The van der Waals surface area contributed by atoms with Crippen molar-refractivity contribution in [3.8, 4) is 0 Å². The second-order valence-corrected chi connectivity index (χ2v) is 5.72. The van der Waals surface area contributed by atoms with Crippen LogP contribution in [0.3, 0.4) is 0 Å². The Morgan fingerprint density at radius 3 is 1.72 bits per heavy atom. The van der Waals surface area contributed by atoms with E-state index in [1.807, 2.05) is 24.3 Å². The molecule has 2 aromatic carbocycles. The Morgan fingerprint density at radius 1 is 0.722 bits per heavy atom. The molecule has 2 heterocycles. The highest BCUT2D eigenvalue weighted by Crippen LogP contribution is 2.37. The summed E-state index contributed by atoms with van der Waals surface area (Å²) in [6.07, 6.45) is 0. The van der Waals surface area contributed by atoms with E-state index in [1.54, 1.807) is 0 Å². The summed E-state index contributed by atoms with van der Waals surface area (Å²) in [5.74, 6) is 0. The number of hydrogen-bond donors (Lipinski definition) is 0. The van der Waals surface area contributed by atoms with Crippen LogP contribution in [0.1, 0.15) is 0 Å². The number of benzene rings is 2. The second kappa shape index (κ2) is 3.62. The molecule has 18 heavy (non-hydrogen) atoms. The highest BCUT2D eigenvalue weighted by molar-refractivity contribution is 9.10. The third-order valence-electron chi connectivity index (χ3n) is 3.12. The number of halogens is 2. The van der Waals surface area contributed by atoms with Gasteiger partial charge in [0.15, 0.2) is 9.34 Å². The third kappa shape index (κ3) is 1.39. The minimum Gasteiger partial charge on any atom is -0.449 e. The first-order chi connectivity index (χ1) is 8.72. The van der Waals surface area contributed by atoms with Crippen molar-refractivity contribution in [3.63, 3.8) is 0 Å². The standard InChI is InChI=1S/C14H6Br2O2/c15-12-5-8-10(17-12)3-1-7-2-4-11-9(14(7)8)6-13(16)18-11/h1-6H.